The average molecular weight is 2170 g/mol. The van der Waals surface area contributed by atoms with E-state index in [2.05, 4.69) is 324 Å². The Balaban J connectivity index is -0.0000000399. The van der Waals surface area contributed by atoms with Crippen LogP contribution in [0, 0.1) is 209 Å². The van der Waals surface area contributed by atoms with E-state index in [0.717, 1.165) is 5.02 Å². The smallest absolute Gasteiger partial charge is 0.358 e. The zero-order chi connectivity index (χ0) is 72.1. The third kappa shape index (κ3) is 89.8. The molecule has 7 aromatic carbocycles. The minimum Gasteiger partial charge on any atom is -0.358 e. The largest absolute Gasteiger partial charge is 3.00 e. The number of allylic oxidation sites excluding steroid dienone is 20. The summed E-state index contributed by atoms with van der Waals surface area (Å²) in [6, 6.07) is 46.9. The van der Waals surface area contributed by atoms with E-state index in [1.807, 2.05) is 66.7 Å². The standard InChI is InChI=1S/2C12H18.C10H8.C10H14.3C8H12.C6H5Cl.2C6H8.C6H6.2C2H4.16CH3.6Ru/c2*1-7-8(2)10(4)12(6)11(5)9(7)3;1-2-6-10-8-4-3-7-9(10)5-1;1-8(2)10-6-4-9(3)5-7-10;3*1-2-4-6-8-7-5-3-1;7-6-4-2-1-3-5-6;3*1-2-4-6-5-3-1;2*1-2;;;;;;;;;;;;;;;;;;;;;;/h2*1-6H3;1-8H;4-8H,1-3H3;3*1-2,7-8H,3-6H2;1-5H;2*1-4H,5-6H2;1-6H;2*1-2H2;16*1H3;;;;;;/q;;;;;;;;;;;;;16*-1;2*+2;4*+3/b;;;;3*2-1-,8-7?;;;;;;;;;;;;;;;;;;;;;;;;;;;;. The average Bonchev–Trinajstić information content (AvgIpc) is 0.816. The van der Waals surface area contributed by atoms with E-state index in [4.69, 9.17) is 11.6 Å². The summed E-state index contributed by atoms with van der Waals surface area (Å²) < 4.78 is 0. The number of aryl methyl sites for hydroxylation is 1. The van der Waals surface area contributed by atoms with Crippen molar-refractivity contribution in [1.82, 2.24) is 0 Å². The minimum absolute atomic E-state index is 0. The molecule has 0 fully saturated rings. The van der Waals surface area contributed by atoms with Gasteiger partial charge in [-0.05, 0) is 294 Å². The molecule has 119 heavy (non-hydrogen) atoms. The molecule has 5 aliphatic rings. The number of halogens is 1. The molecule has 7 heteroatoms. The molecule has 0 bridgehead atoms. The van der Waals surface area contributed by atoms with Crippen LogP contribution in [0.3, 0.4) is 0 Å². The molecule has 7 aromatic rings. The first-order valence-electron chi connectivity index (χ1n) is 35.8. The maximum Gasteiger partial charge on any atom is 3.00 e. The second-order valence-corrected chi connectivity index (χ2v) is 25.0. The van der Waals surface area contributed by atoms with Gasteiger partial charge in [0.1, 0.15) is 0 Å². The van der Waals surface area contributed by atoms with Crippen LogP contribution in [0.1, 0.15) is 200 Å². The number of hydrogen-bond acceptors (Lipinski definition) is 0. The van der Waals surface area contributed by atoms with Gasteiger partial charge >= 0.3 is 117 Å². The van der Waals surface area contributed by atoms with Gasteiger partial charge in [-0.3, -0.25) is 0 Å². The minimum atomic E-state index is 0. The van der Waals surface area contributed by atoms with Gasteiger partial charge < -0.3 is 119 Å². The Bertz CT molecular complexity index is 2890. The Hall–Kier alpha value is -4.29. The molecule has 0 saturated heterocycles. The SMILES string of the molecule is C1=CCC/C=C\CC1.C1=CCC/C=C\CC1.C1=CCC/C=C\CC1.C1=CCCC=C1.C1=CCCC=C1.C=C.C=C.Cc1c(C)c(C)c(C)c(C)c1C.Cc1c(C)c(C)c(C)c(C)c1C.Cc1ccc(C(C)C)cc1.Clc1ccccc1.[CH3-].[CH3-].[CH3-].[CH3-].[CH3-].[CH3-].[CH3-].[CH3-].[CH3-].[CH3-].[CH3-].[CH3-].[CH3-].[CH3-].[CH3-].[CH3-].[Ru+2].[Ru+2].[Ru+3].[Ru+3].[Ru+3].[Ru+3].c1ccc2ccccc2c1.c1ccccc1. The molecule has 4 radical (unpaired) electrons. The maximum atomic E-state index is 5.54. The summed E-state index contributed by atoms with van der Waals surface area (Å²) in [5.74, 6) is 0.653. The number of benzene rings is 7. The Morgan fingerprint density at radius 1 is 0.210 bits per heavy atom. The predicted octanol–water partition coefficient (Wildman–Crippen LogP) is 37.7. The predicted molar refractivity (Wildman–Crippen MR) is 547 cm³/mol. The van der Waals surface area contributed by atoms with Gasteiger partial charge in [-0.1, -0.05) is 280 Å². The maximum absolute atomic E-state index is 5.54. The van der Waals surface area contributed by atoms with Crippen molar-refractivity contribution in [2.24, 2.45) is 0 Å². The van der Waals surface area contributed by atoms with Crippen LogP contribution in [0.25, 0.3) is 10.8 Å². The van der Waals surface area contributed by atoms with Crippen LogP contribution in [-0.4, -0.2) is 0 Å². The van der Waals surface area contributed by atoms with Crippen molar-refractivity contribution in [3.8, 4) is 0 Å². The van der Waals surface area contributed by atoms with Crippen LogP contribution in [0.2, 0.25) is 5.02 Å². The third-order valence-electron chi connectivity index (χ3n) is 17.3. The summed E-state index contributed by atoms with van der Waals surface area (Å²) in [5.41, 5.74) is 20.2. The fourth-order valence-corrected chi connectivity index (χ4v) is 10.1. The molecular weight excluding hydrogens is 1990 g/mol. The summed E-state index contributed by atoms with van der Waals surface area (Å²) in [6.45, 7) is 45.1. The molecular formula is C112H177ClRu6. The Labute approximate surface area is 832 Å². The van der Waals surface area contributed by atoms with E-state index in [1.165, 1.54) is 191 Å². The molecule has 0 unspecified atom stereocenters. The normalized spacial score (nSPS) is 11.5. The summed E-state index contributed by atoms with van der Waals surface area (Å²) in [4.78, 5) is 0. The first kappa shape index (κ1) is 176. The topological polar surface area (TPSA) is 0 Å². The van der Waals surface area contributed by atoms with E-state index >= 15 is 0 Å². The van der Waals surface area contributed by atoms with Crippen LogP contribution < -0.4 is 0 Å². The van der Waals surface area contributed by atoms with Crippen LogP contribution in [0.4, 0.5) is 0 Å². The van der Waals surface area contributed by atoms with Crippen molar-refractivity contribution in [3.63, 3.8) is 0 Å². The Morgan fingerprint density at radius 3 is 0.462 bits per heavy atom. The summed E-state index contributed by atoms with van der Waals surface area (Å²) in [6.07, 6.45) is 64.0. The molecule has 0 spiro atoms. The van der Waals surface area contributed by atoms with E-state index in [0.29, 0.717) is 5.92 Å². The van der Waals surface area contributed by atoms with Gasteiger partial charge in [0.2, 0.25) is 0 Å². The molecule has 680 valence electrons. The van der Waals surface area contributed by atoms with Crippen molar-refractivity contribution in [2.45, 2.75) is 213 Å². The van der Waals surface area contributed by atoms with E-state index in [1.54, 1.807) is 0 Å². The third-order valence-corrected chi connectivity index (χ3v) is 17.6. The molecule has 0 N–H and O–H groups in total. The summed E-state index contributed by atoms with van der Waals surface area (Å²) in [7, 11) is 0. The van der Waals surface area contributed by atoms with Gasteiger partial charge in [0, 0.05) is 5.02 Å². The van der Waals surface area contributed by atoms with Crippen LogP contribution in [-0.2, 0) is 117 Å². The molecule has 0 amide bonds. The second kappa shape index (κ2) is 122. The Morgan fingerprint density at radius 2 is 0.345 bits per heavy atom. The van der Waals surface area contributed by atoms with Crippen molar-refractivity contribution in [1.29, 1.82) is 0 Å². The van der Waals surface area contributed by atoms with Gasteiger partial charge in [0.25, 0.3) is 0 Å². The first-order chi connectivity index (χ1) is 47.0. The molecule has 12 rings (SSSR count). The van der Waals surface area contributed by atoms with Gasteiger partial charge in [-0.15, -0.1) is 26.3 Å². The van der Waals surface area contributed by atoms with Crippen LogP contribution >= 0.6 is 11.6 Å². The van der Waals surface area contributed by atoms with Crippen LogP contribution in [0.5, 0.6) is 0 Å². The van der Waals surface area contributed by atoms with Crippen molar-refractivity contribution in [3.05, 3.63) is 489 Å². The van der Waals surface area contributed by atoms with Gasteiger partial charge in [0.15, 0.2) is 0 Å². The fourth-order valence-electron chi connectivity index (χ4n) is 9.91. The van der Waals surface area contributed by atoms with Gasteiger partial charge in [-0.25, -0.2) is 0 Å². The van der Waals surface area contributed by atoms with E-state index in [-0.39, 0.29) is 236 Å². The van der Waals surface area contributed by atoms with Crippen molar-refractivity contribution >= 4 is 22.4 Å². The molecule has 5 aliphatic carbocycles. The molecule has 0 nitrogen and oxygen atoms in total. The molecule has 0 saturated carbocycles. The first-order valence-corrected chi connectivity index (χ1v) is 36.2. The van der Waals surface area contributed by atoms with Crippen LogP contribution in [0.15, 0.2) is 287 Å². The fraction of sp³-hybridized carbons (Fsp3) is 0.286. The van der Waals surface area contributed by atoms with E-state index < -0.39 is 0 Å². The number of fused-ring (bicyclic) bond motifs is 1. The Kier molecular flexibility index (Phi) is 181. The number of rotatable bonds is 1. The van der Waals surface area contributed by atoms with Crippen molar-refractivity contribution < 1.29 is 117 Å². The summed E-state index contributed by atoms with van der Waals surface area (Å²) >= 11 is 5.54. The van der Waals surface area contributed by atoms with Crippen molar-refractivity contribution in [2.75, 3.05) is 0 Å². The second-order valence-electron chi connectivity index (χ2n) is 24.5. The van der Waals surface area contributed by atoms with E-state index in [9.17, 15) is 0 Å². The monoisotopic (exact) mass is 2170 g/mol. The zero-order valence-corrected chi connectivity index (χ0v) is 92.7. The quantitative estimate of drug-likeness (QED) is 0.0873. The molecule has 0 aliphatic heterocycles. The number of hydrogen-bond donors (Lipinski definition) is 0. The molecule has 0 heterocycles. The molecule has 0 atom stereocenters. The summed E-state index contributed by atoms with van der Waals surface area (Å²) in [5, 5.41) is 3.41. The zero-order valence-electron chi connectivity index (χ0n) is 81.5. The van der Waals surface area contributed by atoms with Gasteiger partial charge in [0.05, 0.1) is 0 Å². The molecule has 0 aromatic heterocycles. The van der Waals surface area contributed by atoms with Gasteiger partial charge in [-0.2, -0.15) is 0 Å².